The summed E-state index contributed by atoms with van der Waals surface area (Å²) in [6.45, 7) is 4.44. The van der Waals surface area contributed by atoms with Crippen molar-refractivity contribution in [3.8, 4) is 11.5 Å². The zero-order valence-electron chi connectivity index (χ0n) is 15.0. The van der Waals surface area contributed by atoms with Gasteiger partial charge in [-0.3, -0.25) is 4.79 Å². The Hall–Kier alpha value is -2.14. The first-order valence-corrected chi connectivity index (χ1v) is 9.42. The molecule has 0 spiro atoms. The third-order valence-corrected chi connectivity index (χ3v) is 4.59. The Morgan fingerprint density at radius 2 is 1.72 bits per heavy atom. The van der Waals surface area contributed by atoms with Crippen LogP contribution in [-0.2, 0) is 10.5 Å². The molecule has 2 rings (SSSR count). The largest absolute Gasteiger partial charge is 0.497 e. The van der Waals surface area contributed by atoms with Crippen LogP contribution in [0.2, 0.25) is 0 Å². The molecule has 4 nitrogen and oxygen atoms in total. The second-order valence-electron chi connectivity index (χ2n) is 5.93. The van der Waals surface area contributed by atoms with Crippen molar-refractivity contribution >= 4 is 17.7 Å². The molecule has 5 heteroatoms. The fraction of sp³-hybridized carbons (Fsp3) is 0.350. The van der Waals surface area contributed by atoms with Crippen molar-refractivity contribution in [2.24, 2.45) is 0 Å². The number of hydrogen-bond acceptors (Lipinski definition) is 4. The molecule has 1 N–H and O–H groups in total. The van der Waals surface area contributed by atoms with E-state index in [0.717, 1.165) is 17.3 Å². The van der Waals surface area contributed by atoms with E-state index >= 15 is 0 Å². The second-order valence-corrected chi connectivity index (χ2v) is 6.92. The van der Waals surface area contributed by atoms with Crippen LogP contribution in [0.5, 0.6) is 11.5 Å². The van der Waals surface area contributed by atoms with Gasteiger partial charge in [0.25, 0.3) is 0 Å². The number of carbonyl (C=O) groups excluding carboxylic acids is 1. The smallest absolute Gasteiger partial charge is 0.230 e. The molecular formula is C20H25NO3S. The first kappa shape index (κ1) is 19.2. The van der Waals surface area contributed by atoms with E-state index in [0.29, 0.717) is 12.4 Å². The van der Waals surface area contributed by atoms with Gasteiger partial charge in [0.15, 0.2) is 0 Å². The summed E-state index contributed by atoms with van der Waals surface area (Å²) in [6.07, 6.45) is 0. The van der Waals surface area contributed by atoms with Gasteiger partial charge in [0.1, 0.15) is 18.1 Å². The fourth-order valence-electron chi connectivity index (χ4n) is 2.20. The summed E-state index contributed by atoms with van der Waals surface area (Å²) in [6, 6.07) is 15.7. The van der Waals surface area contributed by atoms with Gasteiger partial charge in [0.2, 0.25) is 5.91 Å². The van der Waals surface area contributed by atoms with Crippen LogP contribution in [0.25, 0.3) is 0 Å². The Bertz CT molecular complexity index is 656. The van der Waals surface area contributed by atoms with Gasteiger partial charge >= 0.3 is 0 Å². The highest BCUT2D eigenvalue weighted by Gasteiger charge is 2.08. The van der Waals surface area contributed by atoms with E-state index in [1.54, 1.807) is 18.9 Å². The van der Waals surface area contributed by atoms with Gasteiger partial charge < -0.3 is 14.8 Å². The molecule has 0 aliphatic heterocycles. The van der Waals surface area contributed by atoms with Gasteiger partial charge in [0.05, 0.1) is 18.9 Å². The standard InChI is InChI=1S/C20H25NO3S/c1-15-4-6-17(7-5-15)13-25-14-20(22)21-16(2)12-24-19-10-8-18(23-3)9-11-19/h4-11,16H,12-14H2,1-3H3,(H,21,22)/t16-/m0/s1. The molecule has 0 radical (unpaired) electrons. The lowest BCUT2D eigenvalue weighted by atomic mass is 10.2. The van der Waals surface area contributed by atoms with E-state index in [1.165, 1.54) is 11.1 Å². The lowest BCUT2D eigenvalue weighted by molar-refractivity contribution is -0.119. The summed E-state index contributed by atoms with van der Waals surface area (Å²) in [5, 5.41) is 2.96. The number of thioether (sulfide) groups is 1. The maximum Gasteiger partial charge on any atom is 0.230 e. The van der Waals surface area contributed by atoms with E-state index < -0.39 is 0 Å². The van der Waals surface area contributed by atoms with Crippen LogP contribution in [0, 0.1) is 6.92 Å². The van der Waals surface area contributed by atoms with Crippen molar-refractivity contribution in [2.75, 3.05) is 19.5 Å². The van der Waals surface area contributed by atoms with Crippen molar-refractivity contribution in [3.63, 3.8) is 0 Å². The normalized spacial score (nSPS) is 11.6. The van der Waals surface area contributed by atoms with E-state index in [1.807, 2.05) is 31.2 Å². The maximum absolute atomic E-state index is 12.0. The number of ether oxygens (including phenoxy) is 2. The first-order chi connectivity index (χ1) is 12.1. The topological polar surface area (TPSA) is 47.6 Å². The number of nitrogens with one attached hydrogen (secondary N) is 1. The van der Waals surface area contributed by atoms with Gasteiger partial charge in [-0.2, -0.15) is 0 Å². The third kappa shape index (κ3) is 7.10. The van der Waals surface area contributed by atoms with Crippen LogP contribution in [0.3, 0.4) is 0 Å². The van der Waals surface area contributed by atoms with Crippen molar-refractivity contribution in [2.45, 2.75) is 25.6 Å². The summed E-state index contributed by atoms with van der Waals surface area (Å²) in [5.74, 6) is 2.86. The van der Waals surface area contributed by atoms with Gasteiger partial charge in [-0.1, -0.05) is 29.8 Å². The molecule has 0 fully saturated rings. The third-order valence-electron chi connectivity index (χ3n) is 3.59. The maximum atomic E-state index is 12.0. The summed E-state index contributed by atoms with van der Waals surface area (Å²) in [4.78, 5) is 12.0. The Kier molecular flexibility index (Phi) is 7.67. The zero-order chi connectivity index (χ0) is 18.1. The molecule has 0 aromatic heterocycles. The molecule has 0 aliphatic rings. The highest BCUT2D eigenvalue weighted by molar-refractivity contribution is 7.99. The molecule has 1 amide bonds. The van der Waals surface area contributed by atoms with Crippen molar-refractivity contribution < 1.29 is 14.3 Å². The molecule has 0 bridgehead atoms. The predicted molar refractivity (Wildman–Crippen MR) is 103 cm³/mol. The van der Waals surface area contributed by atoms with Crippen LogP contribution in [0.15, 0.2) is 48.5 Å². The molecule has 0 heterocycles. The molecular weight excluding hydrogens is 334 g/mol. The molecule has 1 atom stereocenters. The Morgan fingerprint density at radius 1 is 1.08 bits per heavy atom. The minimum Gasteiger partial charge on any atom is -0.497 e. The summed E-state index contributed by atoms with van der Waals surface area (Å²) in [5.41, 5.74) is 2.48. The Labute approximate surface area is 153 Å². The van der Waals surface area contributed by atoms with Gasteiger partial charge in [0, 0.05) is 5.75 Å². The van der Waals surface area contributed by atoms with Gasteiger partial charge in [-0.15, -0.1) is 11.8 Å². The second kappa shape index (κ2) is 9.99. The van der Waals surface area contributed by atoms with E-state index in [4.69, 9.17) is 9.47 Å². The minimum absolute atomic E-state index is 0.0305. The Morgan fingerprint density at radius 3 is 2.36 bits per heavy atom. The Balaban J connectivity index is 1.64. The van der Waals surface area contributed by atoms with Crippen LogP contribution in [0.4, 0.5) is 0 Å². The van der Waals surface area contributed by atoms with Crippen molar-refractivity contribution in [1.29, 1.82) is 0 Å². The molecule has 25 heavy (non-hydrogen) atoms. The summed E-state index contributed by atoms with van der Waals surface area (Å²) < 4.78 is 10.8. The number of amides is 1. The molecule has 0 aliphatic carbocycles. The first-order valence-electron chi connectivity index (χ1n) is 8.26. The zero-order valence-corrected chi connectivity index (χ0v) is 15.8. The molecule has 134 valence electrons. The average Bonchev–Trinajstić information content (AvgIpc) is 2.62. The number of rotatable bonds is 9. The van der Waals surface area contributed by atoms with Crippen LogP contribution in [0.1, 0.15) is 18.1 Å². The van der Waals surface area contributed by atoms with E-state index in [9.17, 15) is 4.79 Å². The van der Waals surface area contributed by atoms with Crippen molar-refractivity contribution in [3.05, 3.63) is 59.7 Å². The molecule has 2 aromatic carbocycles. The lowest BCUT2D eigenvalue weighted by Crippen LogP contribution is -2.37. The quantitative estimate of drug-likeness (QED) is 0.739. The average molecular weight is 359 g/mol. The molecule has 0 saturated carbocycles. The number of methoxy groups -OCH3 is 1. The fourth-order valence-corrected chi connectivity index (χ4v) is 3.00. The summed E-state index contributed by atoms with van der Waals surface area (Å²) in [7, 11) is 1.63. The van der Waals surface area contributed by atoms with Crippen LogP contribution in [-0.4, -0.2) is 31.4 Å². The number of benzene rings is 2. The highest BCUT2D eigenvalue weighted by Crippen LogP contribution is 2.17. The SMILES string of the molecule is COc1ccc(OC[C@H](C)NC(=O)CSCc2ccc(C)cc2)cc1. The molecule has 2 aromatic rings. The van der Waals surface area contributed by atoms with Crippen LogP contribution >= 0.6 is 11.8 Å². The van der Waals surface area contributed by atoms with Gasteiger partial charge in [-0.05, 0) is 43.7 Å². The van der Waals surface area contributed by atoms with Gasteiger partial charge in [-0.25, -0.2) is 0 Å². The summed E-state index contributed by atoms with van der Waals surface area (Å²) >= 11 is 1.61. The number of hydrogen-bond donors (Lipinski definition) is 1. The number of carbonyl (C=O) groups is 1. The lowest BCUT2D eigenvalue weighted by Gasteiger charge is -2.15. The minimum atomic E-state index is -0.0467. The predicted octanol–water partition coefficient (Wildman–Crippen LogP) is 3.82. The van der Waals surface area contributed by atoms with Crippen LogP contribution < -0.4 is 14.8 Å². The van der Waals surface area contributed by atoms with Crippen molar-refractivity contribution in [1.82, 2.24) is 5.32 Å². The number of aryl methyl sites for hydroxylation is 1. The molecule has 0 unspecified atom stereocenters. The molecule has 0 saturated heterocycles. The monoisotopic (exact) mass is 359 g/mol. The van der Waals surface area contributed by atoms with E-state index in [2.05, 4.69) is 36.5 Å². The van der Waals surface area contributed by atoms with E-state index in [-0.39, 0.29) is 11.9 Å². The highest BCUT2D eigenvalue weighted by atomic mass is 32.2.